The number of Topliss-reactive ketones (excluding diaryl/α,β-unsaturated/α-hetero) is 1. The van der Waals surface area contributed by atoms with Crippen molar-refractivity contribution in [1.82, 2.24) is 4.72 Å². The van der Waals surface area contributed by atoms with Crippen LogP contribution in [0.4, 0.5) is 10.1 Å². The van der Waals surface area contributed by atoms with E-state index in [1.54, 1.807) is 0 Å². The molecular formula is C18H15FN2O5S. The van der Waals surface area contributed by atoms with Gasteiger partial charge >= 0.3 is 0 Å². The lowest BCUT2D eigenvalue weighted by Gasteiger charge is -2.14. The van der Waals surface area contributed by atoms with Crippen molar-refractivity contribution in [1.29, 1.82) is 0 Å². The Morgan fingerprint density at radius 2 is 1.52 bits per heavy atom. The first kappa shape index (κ1) is 18.9. The zero-order chi connectivity index (χ0) is 19.6. The zero-order valence-electron chi connectivity index (χ0n) is 14.0. The Kier molecular flexibility index (Phi) is 5.15. The van der Waals surface area contributed by atoms with Crippen LogP contribution in [0.25, 0.3) is 0 Å². The van der Waals surface area contributed by atoms with Gasteiger partial charge in [0.05, 0.1) is 17.1 Å². The van der Waals surface area contributed by atoms with Crippen LogP contribution in [-0.2, 0) is 19.6 Å². The summed E-state index contributed by atoms with van der Waals surface area (Å²) in [7, 11) is -3.97. The molecule has 2 aromatic carbocycles. The molecule has 1 aliphatic heterocycles. The van der Waals surface area contributed by atoms with Crippen molar-refractivity contribution in [2.45, 2.75) is 17.7 Å². The van der Waals surface area contributed by atoms with Crippen molar-refractivity contribution in [2.24, 2.45) is 0 Å². The second-order valence-electron chi connectivity index (χ2n) is 5.87. The normalized spacial score (nSPS) is 14.6. The lowest BCUT2D eigenvalue weighted by molar-refractivity contribution is -0.121. The van der Waals surface area contributed by atoms with Crippen LogP contribution < -0.4 is 9.62 Å². The molecule has 0 spiro atoms. The Morgan fingerprint density at radius 1 is 0.963 bits per heavy atom. The maximum Gasteiger partial charge on any atom is 0.240 e. The highest BCUT2D eigenvalue weighted by Gasteiger charge is 2.30. The molecule has 0 atom stereocenters. The maximum atomic E-state index is 12.9. The third-order valence-electron chi connectivity index (χ3n) is 4.05. The predicted molar refractivity (Wildman–Crippen MR) is 94.1 cm³/mol. The molecule has 1 saturated heterocycles. The van der Waals surface area contributed by atoms with Gasteiger partial charge in [-0.3, -0.25) is 19.3 Å². The van der Waals surface area contributed by atoms with Crippen LogP contribution in [0.15, 0.2) is 53.4 Å². The molecule has 0 bridgehead atoms. The molecular weight excluding hydrogens is 375 g/mol. The van der Waals surface area contributed by atoms with Gasteiger partial charge in [0.15, 0.2) is 5.78 Å². The first-order chi connectivity index (χ1) is 12.8. The van der Waals surface area contributed by atoms with Crippen molar-refractivity contribution < 1.29 is 27.2 Å². The number of rotatable bonds is 6. The van der Waals surface area contributed by atoms with Gasteiger partial charge in [0.1, 0.15) is 5.82 Å². The van der Waals surface area contributed by atoms with E-state index in [-0.39, 0.29) is 35.1 Å². The van der Waals surface area contributed by atoms with E-state index in [0.29, 0.717) is 5.69 Å². The Labute approximate surface area is 154 Å². The number of amides is 2. The molecule has 27 heavy (non-hydrogen) atoms. The second-order valence-corrected chi connectivity index (χ2v) is 7.64. The van der Waals surface area contributed by atoms with E-state index in [1.807, 2.05) is 0 Å². The number of nitrogens with one attached hydrogen (secondary N) is 1. The third-order valence-corrected chi connectivity index (χ3v) is 5.46. The molecule has 9 heteroatoms. The molecule has 1 fully saturated rings. The summed E-state index contributed by atoms with van der Waals surface area (Å²) in [4.78, 5) is 36.3. The van der Waals surface area contributed by atoms with Gasteiger partial charge in [-0.1, -0.05) is 0 Å². The van der Waals surface area contributed by atoms with Crippen LogP contribution in [0, 0.1) is 5.82 Å². The fourth-order valence-corrected chi connectivity index (χ4v) is 3.60. The van der Waals surface area contributed by atoms with Crippen LogP contribution in [0.5, 0.6) is 0 Å². The molecule has 3 rings (SSSR count). The molecule has 7 nitrogen and oxygen atoms in total. The summed E-state index contributed by atoms with van der Waals surface area (Å²) < 4.78 is 39.7. The Balaban J connectivity index is 1.69. The SMILES string of the molecule is O=C(CNS(=O)(=O)c1ccc(N2C(=O)CCC2=O)cc1)c1ccc(F)cc1. The quantitative estimate of drug-likeness (QED) is 0.597. The van der Waals surface area contributed by atoms with Crippen LogP contribution >= 0.6 is 0 Å². The lowest BCUT2D eigenvalue weighted by Crippen LogP contribution is -2.30. The van der Waals surface area contributed by atoms with E-state index in [9.17, 15) is 27.2 Å². The van der Waals surface area contributed by atoms with Crippen LogP contribution in [0.1, 0.15) is 23.2 Å². The monoisotopic (exact) mass is 390 g/mol. The molecule has 1 heterocycles. The summed E-state index contributed by atoms with van der Waals surface area (Å²) in [5.41, 5.74) is 0.476. The molecule has 1 aliphatic rings. The smallest absolute Gasteiger partial charge is 0.240 e. The molecule has 0 radical (unpaired) electrons. The number of imide groups is 1. The van der Waals surface area contributed by atoms with Crippen molar-refractivity contribution in [3.05, 3.63) is 59.9 Å². The Hall–Kier alpha value is -2.91. The van der Waals surface area contributed by atoms with E-state index in [0.717, 1.165) is 17.0 Å². The molecule has 0 aliphatic carbocycles. The van der Waals surface area contributed by atoms with Crippen molar-refractivity contribution >= 4 is 33.3 Å². The summed E-state index contributed by atoms with van der Waals surface area (Å²) in [6.45, 7) is -0.487. The molecule has 140 valence electrons. The predicted octanol–water partition coefficient (Wildman–Crippen LogP) is 1.64. The number of hydrogen-bond acceptors (Lipinski definition) is 5. The number of carbonyl (C=O) groups excluding carboxylic acids is 3. The average Bonchev–Trinajstić information content (AvgIpc) is 2.99. The minimum atomic E-state index is -3.97. The molecule has 2 aromatic rings. The summed E-state index contributed by atoms with van der Waals surface area (Å²) in [6, 6.07) is 9.98. The number of anilines is 1. The van der Waals surface area contributed by atoms with E-state index >= 15 is 0 Å². The van der Waals surface area contributed by atoms with Gasteiger partial charge < -0.3 is 0 Å². The van der Waals surface area contributed by atoms with Gasteiger partial charge in [0.25, 0.3) is 0 Å². The Bertz CT molecular complexity index is 985. The average molecular weight is 390 g/mol. The van der Waals surface area contributed by atoms with E-state index in [4.69, 9.17) is 0 Å². The van der Waals surface area contributed by atoms with Crippen LogP contribution in [0.2, 0.25) is 0 Å². The number of halogens is 1. The molecule has 0 saturated carbocycles. The fourth-order valence-electron chi connectivity index (χ4n) is 2.62. The zero-order valence-corrected chi connectivity index (χ0v) is 14.8. The van der Waals surface area contributed by atoms with Crippen molar-refractivity contribution in [3.8, 4) is 0 Å². The first-order valence-corrected chi connectivity index (χ1v) is 9.50. The van der Waals surface area contributed by atoms with Gasteiger partial charge in [-0.25, -0.2) is 17.5 Å². The number of carbonyl (C=O) groups is 3. The number of sulfonamides is 1. The minimum absolute atomic E-state index is 0.114. The van der Waals surface area contributed by atoms with Gasteiger partial charge in [-0.2, -0.15) is 0 Å². The Morgan fingerprint density at radius 3 is 2.07 bits per heavy atom. The first-order valence-electron chi connectivity index (χ1n) is 8.02. The van der Waals surface area contributed by atoms with Crippen LogP contribution in [0.3, 0.4) is 0 Å². The topological polar surface area (TPSA) is 101 Å². The number of ketones is 1. The summed E-state index contributed by atoms with van der Waals surface area (Å²) >= 11 is 0. The fraction of sp³-hybridized carbons (Fsp3) is 0.167. The lowest BCUT2D eigenvalue weighted by atomic mass is 10.1. The maximum absolute atomic E-state index is 12.9. The molecule has 1 N–H and O–H groups in total. The third kappa shape index (κ3) is 4.09. The van der Waals surface area contributed by atoms with Gasteiger partial charge in [0.2, 0.25) is 21.8 Å². The van der Waals surface area contributed by atoms with Crippen molar-refractivity contribution in [2.75, 3.05) is 11.4 Å². The summed E-state index contributed by atoms with van der Waals surface area (Å²) in [6.07, 6.45) is 0.262. The largest absolute Gasteiger partial charge is 0.293 e. The standard InChI is InChI=1S/C18H15FN2O5S/c19-13-3-1-12(2-4-13)16(22)11-20-27(25,26)15-7-5-14(6-8-15)21-17(23)9-10-18(21)24/h1-8,20H,9-11H2. The van der Waals surface area contributed by atoms with Crippen molar-refractivity contribution in [3.63, 3.8) is 0 Å². The summed E-state index contributed by atoms with van der Waals surface area (Å²) in [5.74, 6) is -1.68. The van der Waals surface area contributed by atoms with E-state index in [1.165, 1.54) is 36.4 Å². The van der Waals surface area contributed by atoms with E-state index in [2.05, 4.69) is 4.72 Å². The highest BCUT2D eigenvalue weighted by molar-refractivity contribution is 7.89. The molecule has 0 aromatic heterocycles. The molecule has 0 unspecified atom stereocenters. The highest BCUT2D eigenvalue weighted by Crippen LogP contribution is 2.23. The second kappa shape index (κ2) is 7.37. The van der Waals surface area contributed by atoms with Gasteiger partial charge in [-0.15, -0.1) is 0 Å². The molecule has 2 amide bonds. The van der Waals surface area contributed by atoms with Crippen LogP contribution in [-0.4, -0.2) is 32.6 Å². The minimum Gasteiger partial charge on any atom is -0.293 e. The number of nitrogens with zero attached hydrogens (tertiary/aromatic N) is 1. The van der Waals surface area contributed by atoms with Gasteiger partial charge in [-0.05, 0) is 48.5 Å². The summed E-state index contributed by atoms with van der Waals surface area (Å²) in [5, 5.41) is 0. The van der Waals surface area contributed by atoms with Gasteiger partial charge in [0, 0.05) is 18.4 Å². The highest BCUT2D eigenvalue weighted by atomic mass is 32.2. The number of benzene rings is 2. The number of hydrogen-bond donors (Lipinski definition) is 1. The van der Waals surface area contributed by atoms with E-state index < -0.39 is 28.2 Å².